The van der Waals surface area contributed by atoms with E-state index in [2.05, 4.69) is 15.0 Å². The molecule has 0 fully saturated rings. The van der Waals surface area contributed by atoms with Gasteiger partial charge < -0.3 is 11.5 Å². The average Bonchev–Trinajstić information content (AvgIpc) is 2.90. The minimum Gasteiger partial charge on any atom is -0.383 e. The fourth-order valence-corrected chi connectivity index (χ4v) is 2.48. The van der Waals surface area contributed by atoms with Crippen molar-refractivity contribution < 1.29 is 0 Å². The smallest absolute Gasteiger partial charge is 0.222 e. The van der Waals surface area contributed by atoms with Crippen molar-refractivity contribution in [2.45, 2.75) is 0 Å². The summed E-state index contributed by atoms with van der Waals surface area (Å²) in [6.45, 7) is 0. The second-order valence-electron chi connectivity index (χ2n) is 4.77. The Kier molecular flexibility index (Phi) is 2.32. The fourth-order valence-electron chi connectivity index (χ4n) is 2.48. The Hall–Kier alpha value is -3.15. The van der Waals surface area contributed by atoms with Gasteiger partial charge in [-0.25, -0.2) is 9.97 Å². The van der Waals surface area contributed by atoms with Crippen LogP contribution in [0.4, 0.5) is 11.8 Å². The fraction of sp³-hybridized carbons (Fsp3) is 0. The molecule has 0 aliphatic rings. The van der Waals surface area contributed by atoms with Crippen LogP contribution in [0.3, 0.4) is 0 Å². The maximum Gasteiger partial charge on any atom is 0.222 e. The van der Waals surface area contributed by atoms with E-state index in [0.29, 0.717) is 5.82 Å². The highest BCUT2D eigenvalue weighted by atomic mass is 15.1. The van der Waals surface area contributed by atoms with E-state index in [-0.39, 0.29) is 5.95 Å². The lowest BCUT2D eigenvalue weighted by molar-refractivity contribution is 1.09. The molecular formula is C15H12N6. The van der Waals surface area contributed by atoms with Crippen LogP contribution < -0.4 is 11.5 Å². The third kappa shape index (κ3) is 1.77. The molecule has 0 spiro atoms. The van der Waals surface area contributed by atoms with E-state index >= 15 is 0 Å². The molecule has 21 heavy (non-hydrogen) atoms. The van der Waals surface area contributed by atoms with Crippen LogP contribution in [0, 0.1) is 0 Å². The summed E-state index contributed by atoms with van der Waals surface area (Å²) in [6.07, 6.45) is 1.79. The summed E-state index contributed by atoms with van der Waals surface area (Å²) < 4.78 is 2.00. The largest absolute Gasteiger partial charge is 0.383 e. The monoisotopic (exact) mass is 276 g/mol. The predicted octanol–water partition coefficient (Wildman–Crippen LogP) is 2.13. The Balaban J connectivity index is 1.98. The second-order valence-corrected chi connectivity index (χ2v) is 4.77. The summed E-state index contributed by atoms with van der Waals surface area (Å²) in [5.74, 6) is 0.562. The third-order valence-electron chi connectivity index (χ3n) is 3.46. The Morgan fingerprint density at radius 1 is 0.905 bits per heavy atom. The lowest BCUT2D eigenvalue weighted by Crippen LogP contribution is -2.01. The van der Waals surface area contributed by atoms with Crippen LogP contribution in [-0.2, 0) is 0 Å². The highest BCUT2D eigenvalue weighted by molar-refractivity contribution is 5.90. The first-order valence-corrected chi connectivity index (χ1v) is 6.47. The number of fused-ring (bicyclic) bond motifs is 2. The summed E-state index contributed by atoms with van der Waals surface area (Å²) in [4.78, 5) is 12.6. The number of hydrogen-bond acceptors (Lipinski definition) is 5. The molecule has 2 aromatic heterocycles. The van der Waals surface area contributed by atoms with E-state index in [1.807, 2.05) is 47.0 Å². The number of nitrogens with zero attached hydrogens (tertiary/aromatic N) is 4. The minimum absolute atomic E-state index is 0.174. The maximum atomic E-state index is 5.87. The molecule has 6 nitrogen and oxygen atoms in total. The quantitative estimate of drug-likeness (QED) is 0.555. The Morgan fingerprint density at radius 2 is 1.76 bits per heavy atom. The topological polar surface area (TPSA) is 95.6 Å². The van der Waals surface area contributed by atoms with Crippen LogP contribution in [0.2, 0.25) is 0 Å². The third-order valence-corrected chi connectivity index (χ3v) is 3.46. The number of para-hydroxylation sites is 2. The van der Waals surface area contributed by atoms with Crippen molar-refractivity contribution in [2.75, 3.05) is 11.5 Å². The zero-order valence-electron chi connectivity index (χ0n) is 11.1. The Morgan fingerprint density at radius 3 is 2.67 bits per heavy atom. The van der Waals surface area contributed by atoms with Crippen LogP contribution in [0.15, 0.2) is 48.8 Å². The molecule has 4 N–H and O–H groups in total. The molecule has 0 saturated heterocycles. The molecule has 0 saturated carbocycles. The highest BCUT2D eigenvalue weighted by Gasteiger charge is 2.07. The molecule has 2 heterocycles. The van der Waals surface area contributed by atoms with Gasteiger partial charge in [-0.2, -0.15) is 4.98 Å². The zero-order valence-corrected chi connectivity index (χ0v) is 11.1. The van der Waals surface area contributed by atoms with Crippen molar-refractivity contribution in [3.63, 3.8) is 0 Å². The van der Waals surface area contributed by atoms with Gasteiger partial charge in [0.2, 0.25) is 5.95 Å². The average molecular weight is 276 g/mol. The molecule has 0 amide bonds. The molecule has 0 unspecified atom stereocenters. The van der Waals surface area contributed by atoms with Gasteiger partial charge in [0.05, 0.1) is 16.6 Å². The van der Waals surface area contributed by atoms with Gasteiger partial charge in [0.1, 0.15) is 12.1 Å². The van der Waals surface area contributed by atoms with Gasteiger partial charge in [-0.05, 0) is 30.3 Å². The van der Waals surface area contributed by atoms with Crippen LogP contribution in [0.25, 0.3) is 27.6 Å². The van der Waals surface area contributed by atoms with Crippen LogP contribution in [0.5, 0.6) is 0 Å². The second kappa shape index (κ2) is 4.17. The van der Waals surface area contributed by atoms with Gasteiger partial charge in [0, 0.05) is 11.1 Å². The van der Waals surface area contributed by atoms with Crippen molar-refractivity contribution in [2.24, 2.45) is 0 Å². The lowest BCUT2D eigenvalue weighted by Gasteiger charge is -2.07. The molecule has 2 aromatic carbocycles. The summed E-state index contributed by atoms with van der Waals surface area (Å²) in [7, 11) is 0. The Bertz CT molecular complexity index is 972. The predicted molar refractivity (Wildman–Crippen MR) is 83.0 cm³/mol. The SMILES string of the molecule is Nc1nc(N)c2ccc(-n3cnc4ccccc43)cc2n1. The molecule has 0 aliphatic carbocycles. The Labute approximate surface area is 120 Å². The molecular weight excluding hydrogens is 264 g/mol. The van der Waals surface area contributed by atoms with E-state index in [9.17, 15) is 0 Å². The van der Waals surface area contributed by atoms with Crippen LogP contribution >= 0.6 is 0 Å². The van der Waals surface area contributed by atoms with Gasteiger partial charge in [0.15, 0.2) is 0 Å². The molecule has 0 aliphatic heterocycles. The van der Waals surface area contributed by atoms with E-state index in [1.165, 1.54) is 0 Å². The number of nitrogens with two attached hydrogens (primary N) is 2. The summed E-state index contributed by atoms with van der Waals surface area (Å²) in [5, 5.41) is 0.789. The lowest BCUT2D eigenvalue weighted by atomic mass is 10.2. The molecule has 0 atom stereocenters. The first-order chi connectivity index (χ1) is 10.2. The number of nitrogen functional groups attached to an aromatic ring is 2. The highest BCUT2D eigenvalue weighted by Crippen LogP contribution is 2.24. The van der Waals surface area contributed by atoms with Crippen molar-refractivity contribution in [3.05, 3.63) is 48.8 Å². The normalized spacial score (nSPS) is 11.2. The van der Waals surface area contributed by atoms with Crippen LogP contribution in [-0.4, -0.2) is 19.5 Å². The molecule has 4 aromatic rings. The molecule has 0 radical (unpaired) electrons. The van der Waals surface area contributed by atoms with Gasteiger partial charge in [-0.1, -0.05) is 12.1 Å². The number of aromatic nitrogens is 4. The van der Waals surface area contributed by atoms with Gasteiger partial charge in [0.25, 0.3) is 0 Å². The number of hydrogen-bond donors (Lipinski definition) is 2. The zero-order chi connectivity index (χ0) is 14.4. The summed E-state index contributed by atoms with van der Waals surface area (Å²) in [5.41, 5.74) is 15.2. The number of anilines is 2. The van der Waals surface area contributed by atoms with Gasteiger partial charge in [-0.3, -0.25) is 4.57 Å². The van der Waals surface area contributed by atoms with Crippen LogP contribution in [0.1, 0.15) is 0 Å². The number of rotatable bonds is 1. The van der Waals surface area contributed by atoms with E-state index < -0.39 is 0 Å². The molecule has 6 heteroatoms. The van der Waals surface area contributed by atoms with Crippen molar-refractivity contribution in [3.8, 4) is 5.69 Å². The van der Waals surface area contributed by atoms with E-state index in [4.69, 9.17) is 11.5 Å². The van der Waals surface area contributed by atoms with Crippen molar-refractivity contribution in [1.29, 1.82) is 0 Å². The molecule has 102 valence electrons. The van der Waals surface area contributed by atoms with Gasteiger partial charge >= 0.3 is 0 Å². The number of imidazole rings is 1. The summed E-state index contributed by atoms with van der Waals surface area (Å²) in [6, 6.07) is 13.7. The molecule has 4 rings (SSSR count). The van der Waals surface area contributed by atoms with Crippen molar-refractivity contribution in [1.82, 2.24) is 19.5 Å². The summed E-state index contributed by atoms with van der Waals surface area (Å²) >= 11 is 0. The minimum atomic E-state index is 0.174. The molecule has 0 bridgehead atoms. The first kappa shape index (κ1) is 11.7. The van der Waals surface area contributed by atoms with Crippen molar-refractivity contribution >= 4 is 33.7 Å². The van der Waals surface area contributed by atoms with Gasteiger partial charge in [-0.15, -0.1) is 0 Å². The maximum absolute atomic E-state index is 5.87. The first-order valence-electron chi connectivity index (χ1n) is 6.47. The standard InChI is InChI=1S/C15H12N6/c16-14-10-6-5-9(7-12(10)19-15(17)20-14)21-8-18-11-3-1-2-4-13(11)21/h1-8H,(H4,16,17,19,20). The van der Waals surface area contributed by atoms with E-state index in [0.717, 1.165) is 27.6 Å². The number of benzene rings is 2. The van der Waals surface area contributed by atoms with E-state index in [1.54, 1.807) is 6.33 Å².